The smallest absolute Gasteiger partial charge is 0.0540 e. The Balaban J connectivity index is 1.34. The molecule has 0 aliphatic carbocycles. The SMILES string of the molecule is CC(C)(C)c1ccc(N(c2ccc(-c3cccc4ccccc34)cc2)c2ccccc2-c2cccc3cccc(-c4cc(C(C)(C)C)cc(C(C)(C)C)c4)c23)cc1. The van der Waals surface area contributed by atoms with E-state index in [2.05, 4.69) is 237 Å². The van der Waals surface area contributed by atoms with E-state index in [0.717, 1.165) is 17.1 Å². The first-order valence-electron chi connectivity index (χ1n) is 20.4. The van der Waals surface area contributed by atoms with Crippen LogP contribution in [0.5, 0.6) is 0 Å². The van der Waals surface area contributed by atoms with E-state index in [9.17, 15) is 0 Å². The molecule has 8 aromatic carbocycles. The first-order chi connectivity index (χ1) is 27.2. The number of fused-ring (bicyclic) bond motifs is 2. The molecular formula is C56H55N. The minimum atomic E-state index is 0.0161. The molecule has 8 rings (SSSR count). The van der Waals surface area contributed by atoms with Crippen molar-refractivity contribution in [3.63, 3.8) is 0 Å². The zero-order valence-corrected chi connectivity index (χ0v) is 35.1. The third-order valence-corrected chi connectivity index (χ3v) is 11.5. The largest absolute Gasteiger partial charge is 0.310 e. The van der Waals surface area contributed by atoms with Gasteiger partial charge in [0, 0.05) is 16.9 Å². The summed E-state index contributed by atoms with van der Waals surface area (Å²) in [4.78, 5) is 2.44. The van der Waals surface area contributed by atoms with Crippen molar-refractivity contribution in [3.8, 4) is 33.4 Å². The second-order valence-corrected chi connectivity index (χ2v) is 18.7. The van der Waals surface area contributed by atoms with Crippen molar-refractivity contribution >= 4 is 38.6 Å². The van der Waals surface area contributed by atoms with Gasteiger partial charge in [0.25, 0.3) is 0 Å². The van der Waals surface area contributed by atoms with Gasteiger partial charge in [-0.2, -0.15) is 0 Å². The van der Waals surface area contributed by atoms with Crippen molar-refractivity contribution < 1.29 is 0 Å². The lowest BCUT2D eigenvalue weighted by atomic mass is 9.78. The molecule has 0 amide bonds. The van der Waals surface area contributed by atoms with Crippen molar-refractivity contribution in [1.29, 1.82) is 0 Å². The summed E-state index contributed by atoms with van der Waals surface area (Å²) in [7, 11) is 0. The summed E-state index contributed by atoms with van der Waals surface area (Å²) in [6.45, 7) is 20.8. The second kappa shape index (κ2) is 14.5. The van der Waals surface area contributed by atoms with Crippen molar-refractivity contribution in [1.82, 2.24) is 0 Å². The van der Waals surface area contributed by atoms with Gasteiger partial charge >= 0.3 is 0 Å². The predicted molar refractivity (Wildman–Crippen MR) is 249 cm³/mol. The third kappa shape index (κ3) is 7.52. The summed E-state index contributed by atoms with van der Waals surface area (Å²) >= 11 is 0. The van der Waals surface area contributed by atoms with Crippen molar-refractivity contribution in [2.45, 2.75) is 78.6 Å². The minimum absolute atomic E-state index is 0.0161. The van der Waals surface area contributed by atoms with Crippen LogP contribution in [0.4, 0.5) is 17.1 Å². The molecule has 284 valence electrons. The maximum Gasteiger partial charge on any atom is 0.0540 e. The molecule has 0 unspecified atom stereocenters. The van der Waals surface area contributed by atoms with Crippen LogP contribution in [-0.2, 0) is 16.2 Å². The second-order valence-electron chi connectivity index (χ2n) is 18.7. The molecule has 0 aliphatic rings. The maximum atomic E-state index is 2.44. The van der Waals surface area contributed by atoms with Crippen LogP contribution in [0, 0.1) is 0 Å². The first-order valence-corrected chi connectivity index (χ1v) is 20.4. The average molecular weight is 742 g/mol. The summed E-state index contributed by atoms with van der Waals surface area (Å²) < 4.78 is 0. The average Bonchev–Trinajstić information content (AvgIpc) is 3.20. The molecule has 0 atom stereocenters. The number of para-hydroxylation sites is 1. The van der Waals surface area contributed by atoms with Crippen LogP contribution in [0.1, 0.15) is 79.0 Å². The van der Waals surface area contributed by atoms with E-state index in [1.165, 1.54) is 71.6 Å². The van der Waals surface area contributed by atoms with Crippen LogP contribution < -0.4 is 4.90 Å². The normalized spacial score (nSPS) is 12.3. The number of nitrogens with zero attached hydrogens (tertiary/aromatic N) is 1. The van der Waals surface area contributed by atoms with Crippen molar-refractivity contribution in [2.75, 3.05) is 4.90 Å². The van der Waals surface area contributed by atoms with Gasteiger partial charge in [0.05, 0.1) is 5.69 Å². The van der Waals surface area contributed by atoms with Crippen LogP contribution in [0.15, 0.2) is 170 Å². The Kier molecular flexibility index (Phi) is 9.69. The molecule has 57 heavy (non-hydrogen) atoms. The fraction of sp³-hybridized carbons (Fsp3) is 0.214. The highest BCUT2D eigenvalue weighted by Gasteiger charge is 2.24. The Bertz CT molecular complexity index is 2670. The molecule has 0 aliphatic heterocycles. The Morgan fingerprint density at radius 2 is 0.807 bits per heavy atom. The Hall–Kier alpha value is -5.92. The predicted octanol–water partition coefficient (Wildman–Crippen LogP) is 16.4. The van der Waals surface area contributed by atoms with Crippen LogP contribution >= 0.6 is 0 Å². The molecule has 1 heteroatoms. The van der Waals surface area contributed by atoms with E-state index in [1.807, 2.05) is 0 Å². The van der Waals surface area contributed by atoms with Crippen LogP contribution in [0.25, 0.3) is 54.9 Å². The fourth-order valence-corrected chi connectivity index (χ4v) is 8.16. The highest BCUT2D eigenvalue weighted by Crippen LogP contribution is 2.46. The zero-order valence-electron chi connectivity index (χ0n) is 35.1. The van der Waals surface area contributed by atoms with Gasteiger partial charge < -0.3 is 4.90 Å². The summed E-state index contributed by atoms with van der Waals surface area (Å²) in [6, 6.07) is 63.3. The van der Waals surface area contributed by atoms with Gasteiger partial charge in [-0.3, -0.25) is 0 Å². The lowest BCUT2D eigenvalue weighted by Crippen LogP contribution is -2.16. The number of benzene rings is 8. The lowest BCUT2D eigenvalue weighted by Gasteiger charge is -2.29. The van der Waals surface area contributed by atoms with Crippen LogP contribution in [0.2, 0.25) is 0 Å². The van der Waals surface area contributed by atoms with Gasteiger partial charge in [0.1, 0.15) is 0 Å². The first kappa shape index (κ1) is 38.0. The molecule has 0 saturated heterocycles. The molecule has 0 bridgehead atoms. The van der Waals surface area contributed by atoms with Gasteiger partial charge in [-0.25, -0.2) is 0 Å². The van der Waals surface area contributed by atoms with E-state index < -0.39 is 0 Å². The zero-order chi connectivity index (χ0) is 40.1. The van der Waals surface area contributed by atoms with Gasteiger partial charge in [0.2, 0.25) is 0 Å². The topological polar surface area (TPSA) is 3.24 Å². The molecule has 0 heterocycles. The molecule has 0 aromatic heterocycles. The van der Waals surface area contributed by atoms with Crippen molar-refractivity contribution in [2.24, 2.45) is 0 Å². The van der Waals surface area contributed by atoms with Crippen molar-refractivity contribution in [3.05, 3.63) is 187 Å². The van der Waals surface area contributed by atoms with E-state index in [-0.39, 0.29) is 16.2 Å². The number of rotatable bonds is 6. The quantitative estimate of drug-likeness (QED) is 0.164. The fourth-order valence-electron chi connectivity index (χ4n) is 8.16. The molecular weight excluding hydrogens is 687 g/mol. The molecule has 0 saturated carbocycles. The molecule has 0 spiro atoms. The Labute approximate surface area is 340 Å². The van der Waals surface area contributed by atoms with E-state index in [1.54, 1.807) is 0 Å². The standard InChI is InChI=1S/C56H55N/c1-54(2,3)42-29-33-46(34-30-42)57(45-31-27-39(28-32-45)48-23-14-18-38-17-10-11-21-47(38)48)52-26-13-12-22-50(52)51-25-16-20-40-19-15-24-49(53(40)51)41-35-43(55(4,5)6)37-44(36-41)56(7,8)9/h10-37H,1-9H3. The summed E-state index contributed by atoms with van der Waals surface area (Å²) in [6.07, 6.45) is 0. The highest BCUT2D eigenvalue weighted by atomic mass is 15.1. The van der Waals surface area contributed by atoms with Gasteiger partial charge in [-0.05, 0) is 113 Å². The van der Waals surface area contributed by atoms with Gasteiger partial charge in [-0.15, -0.1) is 0 Å². The Morgan fingerprint density at radius 3 is 1.42 bits per heavy atom. The molecule has 0 radical (unpaired) electrons. The van der Waals surface area contributed by atoms with Crippen LogP contribution in [-0.4, -0.2) is 0 Å². The Morgan fingerprint density at radius 1 is 0.333 bits per heavy atom. The van der Waals surface area contributed by atoms with Gasteiger partial charge in [-0.1, -0.05) is 202 Å². The monoisotopic (exact) mass is 741 g/mol. The molecule has 0 N–H and O–H groups in total. The molecule has 1 nitrogen and oxygen atoms in total. The number of hydrogen-bond donors (Lipinski definition) is 0. The molecule has 0 fully saturated rings. The third-order valence-electron chi connectivity index (χ3n) is 11.5. The summed E-state index contributed by atoms with van der Waals surface area (Å²) in [5.41, 5.74) is 14.9. The van der Waals surface area contributed by atoms with E-state index >= 15 is 0 Å². The number of anilines is 3. The maximum absolute atomic E-state index is 2.44. The number of hydrogen-bond acceptors (Lipinski definition) is 1. The van der Waals surface area contributed by atoms with E-state index in [0.29, 0.717) is 0 Å². The minimum Gasteiger partial charge on any atom is -0.310 e. The van der Waals surface area contributed by atoms with Crippen LogP contribution in [0.3, 0.4) is 0 Å². The molecule has 8 aromatic rings. The summed E-state index contributed by atoms with van der Waals surface area (Å²) in [5.74, 6) is 0. The highest BCUT2D eigenvalue weighted by molar-refractivity contribution is 6.09. The summed E-state index contributed by atoms with van der Waals surface area (Å²) in [5, 5.41) is 5.02. The van der Waals surface area contributed by atoms with Gasteiger partial charge in [0.15, 0.2) is 0 Å². The van der Waals surface area contributed by atoms with E-state index in [4.69, 9.17) is 0 Å². The lowest BCUT2D eigenvalue weighted by molar-refractivity contribution is 0.569.